The number of rotatable bonds is 3. The van der Waals surface area contributed by atoms with Gasteiger partial charge < -0.3 is 4.98 Å². The second-order valence-corrected chi connectivity index (χ2v) is 6.67. The molecule has 1 fully saturated rings. The molecule has 4 rings (SSSR count). The predicted molar refractivity (Wildman–Crippen MR) is 92.9 cm³/mol. The van der Waals surface area contributed by atoms with Crippen LogP contribution in [0.4, 0.5) is 0 Å². The van der Waals surface area contributed by atoms with Gasteiger partial charge in [0.25, 0.3) is 5.56 Å². The summed E-state index contributed by atoms with van der Waals surface area (Å²) in [7, 11) is 0. The molecule has 1 aromatic carbocycles. The van der Waals surface area contributed by atoms with E-state index in [4.69, 9.17) is 10.2 Å². The molecule has 2 aromatic heterocycles. The molecule has 0 bridgehead atoms. The van der Waals surface area contributed by atoms with Crippen molar-refractivity contribution in [3.63, 3.8) is 0 Å². The lowest BCUT2D eigenvalue weighted by Crippen LogP contribution is -2.09. The molecule has 1 aliphatic rings. The molecule has 118 valence electrons. The van der Waals surface area contributed by atoms with Crippen molar-refractivity contribution in [3.8, 4) is 5.69 Å². The topological polar surface area (TPSA) is 76.7 Å². The zero-order chi connectivity index (χ0) is 15.8. The van der Waals surface area contributed by atoms with Crippen LogP contribution in [0.15, 0.2) is 46.2 Å². The molecule has 23 heavy (non-hydrogen) atoms. The maximum absolute atomic E-state index is 12.4. The Morgan fingerprint density at radius 3 is 2.61 bits per heavy atom. The normalized spacial score (nSPS) is 15.5. The van der Waals surface area contributed by atoms with Gasteiger partial charge in [-0.05, 0) is 55.1 Å². The maximum atomic E-state index is 12.4. The average Bonchev–Trinajstić information content (AvgIpc) is 3.23. The van der Waals surface area contributed by atoms with Gasteiger partial charge in [-0.15, -0.1) is 0 Å². The fourth-order valence-electron chi connectivity index (χ4n) is 3.45. The Hall–Kier alpha value is -2.05. The van der Waals surface area contributed by atoms with Crippen LogP contribution < -0.4 is 10.7 Å². The third-order valence-electron chi connectivity index (χ3n) is 4.59. The first kappa shape index (κ1) is 14.5. The Morgan fingerprint density at radius 2 is 1.91 bits per heavy atom. The summed E-state index contributed by atoms with van der Waals surface area (Å²) < 4.78 is 1.77. The standard InChI is InChI=1S/C17H18N4OS/c18-23-13-7-5-12(6-8-13)21-16-14(9-10-19-17(16)22)15(20-21)11-3-1-2-4-11/h5-11H,1-4,18H2,(H,19,22). The number of hydrogen-bond acceptors (Lipinski definition) is 4. The minimum absolute atomic E-state index is 0.100. The molecule has 2 heterocycles. The molecule has 1 aliphatic carbocycles. The van der Waals surface area contributed by atoms with Crippen LogP contribution in [-0.2, 0) is 0 Å². The number of nitrogens with one attached hydrogen (secondary N) is 1. The van der Waals surface area contributed by atoms with Crippen molar-refractivity contribution >= 4 is 22.9 Å². The molecule has 0 amide bonds. The van der Waals surface area contributed by atoms with Crippen LogP contribution in [0.3, 0.4) is 0 Å². The van der Waals surface area contributed by atoms with E-state index in [9.17, 15) is 4.79 Å². The molecule has 1 saturated carbocycles. The van der Waals surface area contributed by atoms with Crippen LogP contribution in [-0.4, -0.2) is 14.8 Å². The monoisotopic (exact) mass is 326 g/mol. The van der Waals surface area contributed by atoms with E-state index in [1.54, 1.807) is 10.9 Å². The molecular formula is C17H18N4OS. The van der Waals surface area contributed by atoms with Gasteiger partial charge in [-0.2, -0.15) is 5.10 Å². The van der Waals surface area contributed by atoms with Gasteiger partial charge in [0.2, 0.25) is 0 Å². The van der Waals surface area contributed by atoms with Crippen molar-refractivity contribution in [2.24, 2.45) is 5.14 Å². The van der Waals surface area contributed by atoms with Gasteiger partial charge in [0.05, 0.1) is 11.4 Å². The predicted octanol–water partition coefficient (Wildman–Crippen LogP) is 3.34. The number of pyridine rings is 1. The summed E-state index contributed by atoms with van der Waals surface area (Å²) in [6, 6.07) is 9.76. The van der Waals surface area contributed by atoms with E-state index in [1.165, 1.54) is 24.8 Å². The number of H-pyrrole nitrogens is 1. The van der Waals surface area contributed by atoms with Gasteiger partial charge >= 0.3 is 0 Å². The summed E-state index contributed by atoms with van der Waals surface area (Å²) in [5.41, 5.74) is 2.47. The maximum Gasteiger partial charge on any atom is 0.274 e. The Kier molecular flexibility index (Phi) is 3.71. The molecule has 5 nitrogen and oxygen atoms in total. The summed E-state index contributed by atoms with van der Waals surface area (Å²) in [6.07, 6.45) is 6.50. The van der Waals surface area contributed by atoms with E-state index < -0.39 is 0 Å². The zero-order valence-electron chi connectivity index (χ0n) is 12.7. The summed E-state index contributed by atoms with van der Waals surface area (Å²) in [6.45, 7) is 0. The van der Waals surface area contributed by atoms with Crippen molar-refractivity contribution < 1.29 is 0 Å². The summed E-state index contributed by atoms with van der Waals surface area (Å²) in [5, 5.41) is 11.4. The third kappa shape index (κ3) is 2.48. The van der Waals surface area contributed by atoms with Crippen LogP contribution >= 0.6 is 11.9 Å². The van der Waals surface area contributed by atoms with Crippen LogP contribution in [0.2, 0.25) is 0 Å². The van der Waals surface area contributed by atoms with Crippen molar-refractivity contribution in [1.29, 1.82) is 0 Å². The molecule has 3 N–H and O–H groups in total. The van der Waals surface area contributed by atoms with Crippen molar-refractivity contribution in [2.75, 3.05) is 0 Å². The summed E-state index contributed by atoms with van der Waals surface area (Å²) >= 11 is 1.21. The molecular weight excluding hydrogens is 308 g/mol. The molecule has 3 aromatic rings. The van der Waals surface area contributed by atoms with Crippen LogP contribution in [0.1, 0.15) is 37.3 Å². The van der Waals surface area contributed by atoms with Gasteiger partial charge in [0.1, 0.15) is 5.52 Å². The van der Waals surface area contributed by atoms with E-state index in [2.05, 4.69) is 4.98 Å². The number of aromatic amines is 1. The number of nitrogens with zero attached hydrogens (tertiary/aromatic N) is 2. The largest absolute Gasteiger partial charge is 0.327 e. The van der Waals surface area contributed by atoms with Crippen LogP contribution in [0.5, 0.6) is 0 Å². The highest BCUT2D eigenvalue weighted by atomic mass is 32.2. The molecule has 0 unspecified atom stereocenters. The van der Waals surface area contributed by atoms with E-state index in [0.29, 0.717) is 11.4 Å². The summed E-state index contributed by atoms with van der Waals surface area (Å²) in [4.78, 5) is 16.1. The second-order valence-electron chi connectivity index (χ2n) is 5.96. The SMILES string of the molecule is NSc1ccc(-n2nc(C3CCCC3)c3cc[nH]c(=O)c32)cc1. The molecule has 0 radical (unpaired) electrons. The van der Waals surface area contributed by atoms with Crippen LogP contribution in [0, 0.1) is 0 Å². The number of aromatic nitrogens is 3. The van der Waals surface area contributed by atoms with Gasteiger partial charge in [-0.25, -0.2) is 4.68 Å². The first-order chi connectivity index (χ1) is 11.3. The number of nitrogens with two attached hydrogens (primary N) is 1. The van der Waals surface area contributed by atoms with E-state index in [1.807, 2.05) is 30.3 Å². The average molecular weight is 326 g/mol. The Balaban J connectivity index is 1.93. The van der Waals surface area contributed by atoms with Crippen molar-refractivity contribution in [3.05, 3.63) is 52.6 Å². The smallest absolute Gasteiger partial charge is 0.274 e. The fraction of sp³-hybridized carbons (Fsp3) is 0.294. The number of fused-ring (bicyclic) bond motifs is 1. The quantitative estimate of drug-likeness (QED) is 0.724. The van der Waals surface area contributed by atoms with E-state index in [-0.39, 0.29) is 5.56 Å². The van der Waals surface area contributed by atoms with E-state index in [0.717, 1.165) is 34.5 Å². The molecule has 0 spiro atoms. The van der Waals surface area contributed by atoms with Crippen molar-refractivity contribution in [1.82, 2.24) is 14.8 Å². The van der Waals surface area contributed by atoms with Crippen molar-refractivity contribution in [2.45, 2.75) is 36.5 Å². The summed E-state index contributed by atoms with van der Waals surface area (Å²) in [5.74, 6) is 0.458. The fourth-order valence-corrected chi connectivity index (χ4v) is 3.75. The molecule has 6 heteroatoms. The van der Waals surface area contributed by atoms with Gasteiger partial charge in [0, 0.05) is 22.4 Å². The minimum Gasteiger partial charge on any atom is -0.327 e. The Morgan fingerprint density at radius 1 is 1.17 bits per heavy atom. The van der Waals surface area contributed by atoms with Crippen LogP contribution in [0.25, 0.3) is 16.6 Å². The highest BCUT2D eigenvalue weighted by molar-refractivity contribution is 7.97. The highest BCUT2D eigenvalue weighted by Crippen LogP contribution is 2.36. The van der Waals surface area contributed by atoms with Gasteiger partial charge in [-0.1, -0.05) is 12.8 Å². The number of benzene rings is 1. The second kappa shape index (κ2) is 5.86. The lowest BCUT2D eigenvalue weighted by Gasteiger charge is -2.05. The zero-order valence-corrected chi connectivity index (χ0v) is 13.5. The first-order valence-electron chi connectivity index (χ1n) is 7.85. The first-order valence-corrected chi connectivity index (χ1v) is 8.73. The lowest BCUT2D eigenvalue weighted by atomic mass is 10.0. The third-order valence-corrected chi connectivity index (χ3v) is 5.13. The molecule has 0 saturated heterocycles. The van der Waals surface area contributed by atoms with Gasteiger partial charge in [0.15, 0.2) is 0 Å². The minimum atomic E-state index is -0.100. The van der Waals surface area contributed by atoms with E-state index >= 15 is 0 Å². The van der Waals surface area contributed by atoms with Gasteiger partial charge in [-0.3, -0.25) is 9.93 Å². The molecule has 0 atom stereocenters. The Bertz CT molecular complexity index is 891. The lowest BCUT2D eigenvalue weighted by molar-refractivity contribution is 0.684. The number of hydrogen-bond donors (Lipinski definition) is 2. The molecule has 0 aliphatic heterocycles. The Labute approximate surface area is 138 Å². The highest BCUT2D eigenvalue weighted by Gasteiger charge is 2.24.